The van der Waals surface area contributed by atoms with Crippen molar-refractivity contribution in [3.8, 4) is 23.1 Å². The summed E-state index contributed by atoms with van der Waals surface area (Å²) in [7, 11) is 0. The van der Waals surface area contributed by atoms with Crippen LogP contribution in [0.25, 0.3) is 32.1 Å². The number of aliphatic hydroxyl groups excluding tert-OH is 1. The molecule has 1 fully saturated rings. The van der Waals surface area contributed by atoms with Gasteiger partial charge in [0.2, 0.25) is 5.88 Å². The molecule has 1 aliphatic carbocycles. The van der Waals surface area contributed by atoms with E-state index in [1.807, 2.05) is 12.1 Å². The van der Waals surface area contributed by atoms with Gasteiger partial charge in [-0.25, -0.2) is 9.37 Å². The molecule has 0 atom stereocenters. The lowest BCUT2D eigenvalue weighted by atomic mass is 9.83. The van der Waals surface area contributed by atoms with Crippen molar-refractivity contribution in [2.75, 3.05) is 12.3 Å². The second kappa shape index (κ2) is 8.07. The van der Waals surface area contributed by atoms with Crippen LogP contribution in [0.1, 0.15) is 29.5 Å². The number of benzene rings is 2. The number of anilines is 1. The Morgan fingerprint density at radius 1 is 1.26 bits per heavy atom. The molecule has 0 unspecified atom stereocenters. The molecule has 1 aliphatic heterocycles. The molecule has 4 aromatic rings. The summed E-state index contributed by atoms with van der Waals surface area (Å²) in [6, 6.07) is 8.88. The number of nitrogens with zero attached hydrogens (tertiary/aromatic N) is 2. The van der Waals surface area contributed by atoms with Gasteiger partial charge in [-0.2, -0.15) is 5.26 Å². The van der Waals surface area contributed by atoms with Crippen LogP contribution >= 0.6 is 22.9 Å². The number of hydrogen-bond donors (Lipinski definition) is 2. The largest absolute Gasteiger partial charge is 0.477 e. The molecule has 2 aliphatic rings. The molecule has 2 aromatic heterocycles. The van der Waals surface area contributed by atoms with Crippen LogP contribution in [-0.2, 0) is 18.0 Å². The fourth-order valence-corrected chi connectivity index (χ4v) is 6.21. The predicted octanol–water partition coefficient (Wildman–Crippen LogP) is 5.54. The SMILES string of the molecule is N#Cc1c(N)sc2c(F)ccc(-c3c4c(c5ccc(OC[C@H]6C[C@H](O)C6)nc5c3Cl)COC4)c12. The Morgan fingerprint density at radius 2 is 2.06 bits per heavy atom. The minimum atomic E-state index is -0.434. The Bertz CT molecular complexity index is 1520. The van der Waals surface area contributed by atoms with Crippen LogP contribution in [0.15, 0.2) is 24.3 Å². The first-order valence-electron chi connectivity index (χ1n) is 10.9. The Hall–Kier alpha value is -2.96. The molecule has 9 heteroatoms. The maximum absolute atomic E-state index is 14.6. The van der Waals surface area contributed by atoms with Crippen molar-refractivity contribution < 1.29 is 19.0 Å². The van der Waals surface area contributed by atoms with Gasteiger partial charge < -0.3 is 20.3 Å². The molecule has 6 nitrogen and oxygen atoms in total. The number of aromatic nitrogens is 1. The summed E-state index contributed by atoms with van der Waals surface area (Å²) in [5.74, 6) is 0.326. The zero-order valence-corrected chi connectivity index (χ0v) is 19.5. The fourth-order valence-electron chi connectivity index (χ4n) is 4.91. The summed E-state index contributed by atoms with van der Waals surface area (Å²) in [5.41, 5.74) is 10.0. The zero-order valence-electron chi connectivity index (χ0n) is 17.9. The van der Waals surface area contributed by atoms with Gasteiger partial charge in [0.15, 0.2) is 0 Å². The lowest BCUT2D eigenvalue weighted by Gasteiger charge is -2.30. The normalized spacial score (nSPS) is 19.2. The van der Waals surface area contributed by atoms with E-state index in [1.54, 1.807) is 6.07 Å². The minimum absolute atomic E-state index is 0.241. The van der Waals surface area contributed by atoms with Crippen LogP contribution in [-0.4, -0.2) is 22.8 Å². The Kier molecular flexibility index (Phi) is 5.12. The highest BCUT2D eigenvalue weighted by Crippen LogP contribution is 2.48. The molecule has 2 aromatic carbocycles. The second-order valence-electron chi connectivity index (χ2n) is 8.74. The monoisotopic (exact) mass is 495 g/mol. The first-order chi connectivity index (χ1) is 16.5. The number of aliphatic hydroxyl groups is 1. The maximum Gasteiger partial charge on any atom is 0.213 e. The topological polar surface area (TPSA) is 101 Å². The number of halogens is 2. The van der Waals surface area contributed by atoms with Crippen molar-refractivity contribution >= 4 is 48.9 Å². The number of fused-ring (bicyclic) bond motifs is 4. The summed E-state index contributed by atoms with van der Waals surface area (Å²) in [5, 5.41) is 21.2. The molecule has 0 saturated heterocycles. The maximum atomic E-state index is 14.6. The van der Waals surface area contributed by atoms with Gasteiger partial charge in [-0.15, -0.1) is 11.3 Å². The average Bonchev–Trinajstić information content (AvgIpc) is 3.42. The number of thiophene rings is 1. The van der Waals surface area contributed by atoms with Crippen LogP contribution in [0.5, 0.6) is 5.88 Å². The molecule has 34 heavy (non-hydrogen) atoms. The van der Waals surface area contributed by atoms with E-state index in [0.717, 1.165) is 40.7 Å². The van der Waals surface area contributed by atoms with Gasteiger partial charge in [-0.05, 0) is 47.6 Å². The lowest BCUT2D eigenvalue weighted by molar-refractivity contribution is 0.0195. The number of pyridine rings is 1. The van der Waals surface area contributed by atoms with Gasteiger partial charge in [0.05, 0.1) is 46.7 Å². The summed E-state index contributed by atoms with van der Waals surface area (Å²) in [6.45, 7) is 1.23. The van der Waals surface area contributed by atoms with E-state index in [1.165, 1.54) is 6.07 Å². The van der Waals surface area contributed by atoms with Crippen molar-refractivity contribution in [1.29, 1.82) is 5.26 Å². The Labute approximate surface area is 203 Å². The van der Waals surface area contributed by atoms with Crippen molar-refractivity contribution in [3.05, 3.63) is 51.8 Å². The highest BCUT2D eigenvalue weighted by atomic mass is 35.5. The van der Waals surface area contributed by atoms with E-state index in [2.05, 4.69) is 6.07 Å². The Balaban J connectivity index is 1.55. The van der Waals surface area contributed by atoms with Gasteiger partial charge in [-0.3, -0.25) is 0 Å². The zero-order chi connectivity index (χ0) is 23.6. The standard InChI is InChI=1S/C25H19ClFN3O3S/c26-22-20(14-1-3-18(27)24-21(14)15(7-28)25(29)34-24)17-10-32-9-16(17)13-2-4-19(30-23(13)22)33-8-11-5-12(31)6-11/h1-4,11-12,31H,5-6,8-10,29H2/t11-,12-. The van der Waals surface area contributed by atoms with Crippen molar-refractivity contribution in [2.24, 2.45) is 5.92 Å². The molecule has 3 N–H and O–H groups in total. The second-order valence-corrected chi connectivity index (χ2v) is 10.2. The van der Waals surface area contributed by atoms with Gasteiger partial charge in [-0.1, -0.05) is 17.7 Å². The van der Waals surface area contributed by atoms with Gasteiger partial charge >= 0.3 is 0 Å². The van der Waals surface area contributed by atoms with Gasteiger partial charge in [0.1, 0.15) is 16.9 Å². The number of nitrogen functional groups attached to an aromatic ring is 1. The quantitative estimate of drug-likeness (QED) is 0.385. The Morgan fingerprint density at radius 3 is 2.82 bits per heavy atom. The molecule has 6 rings (SSSR count). The van der Waals surface area contributed by atoms with Crippen molar-refractivity contribution in [2.45, 2.75) is 32.2 Å². The van der Waals surface area contributed by atoms with Crippen LogP contribution in [0.2, 0.25) is 5.02 Å². The number of hydrogen-bond acceptors (Lipinski definition) is 7. The highest BCUT2D eigenvalue weighted by molar-refractivity contribution is 7.23. The van der Waals surface area contributed by atoms with Crippen LogP contribution in [0, 0.1) is 23.1 Å². The first kappa shape index (κ1) is 21.6. The summed E-state index contributed by atoms with van der Waals surface area (Å²) >= 11 is 8.04. The van der Waals surface area contributed by atoms with Crippen LogP contribution in [0.3, 0.4) is 0 Å². The van der Waals surface area contributed by atoms with E-state index in [4.69, 9.17) is 31.8 Å². The van der Waals surface area contributed by atoms with Gasteiger partial charge in [0, 0.05) is 22.4 Å². The third-order valence-corrected chi connectivity index (χ3v) is 8.05. The number of nitrogens with two attached hydrogens (primary N) is 1. The minimum Gasteiger partial charge on any atom is -0.477 e. The lowest BCUT2D eigenvalue weighted by Crippen LogP contribution is -2.32. The number of nitriles is 1. The molecule has 0 amide bonds. The number of rotatable bonds is 4. The van der Waals surface area contributed by atoms with Crippen LogP contribution in [0.4, 0.5) is 9.39 Å². The highest BCUT2D eigenvalue weighted by Gasteiger charge is 2.29. The third kappa shape index (κ3) is 3.23. The van der Waals surface area contributed by atoms with E-state index in [-0.39, 0.29) is 16.7 Å². The van der Waals surface area contributed by atoms with Gasteiger partial charge in [0.25, 0.3) is 0 Å². The summed E-state index contributed by atoms with van der Waals surface area (Å²) < 4.78 is 26.6. The molecule has 1 saturated carbocycles. The summed E-state index contributed by atoms with van der Waals surface area (Å²) in [6.07, 6.45) is 1.22. The first-order valence-corrected chi connectivity index (χ1v) is 12.1. The summed E-state index contributed by atoms with van der Waals surface area (Å²) in [4.78, 5) is 4.70. The van der Waals surface area contributed by atoms with E-state index in [9.17, 15) is 14.8 Å². The predicted molar refractivity (Wildman–Crippen MR) is 129 cm³/mol. The molecular formula is C25H19ClFN3O3S. The van der Waals surface area contributed by atoms with Crippen LogP contribution < -0.4 is 10.5 Å². The van der Waals surface area contributed by atoms with Crippen molar-refractivity contribution in [3.63, 3.8) is 0 Å². The number of ether oxygens (including phenoxy) is 2. The molecule has 0 spiro atoms. The fraction of sp³-hybridized carbons (Fsp3) is 0.280. The average molecular weight is 496 g/mol. The third-order valence-electron chi connectivity index (χ3n) is 6.66. The molecule has 0 bridgehead atoms. The molecule has 0 radical (unpaired) electrons. The molecular weight excluding hydrogens is 477 g/mol. The molecule has 3 heterocycles. The van der Waals surface area contributed by atoms with E-state index >= 15 is 0 Å². The van der Waals surface area contributed by atoms with E-state index in [0.29, 0.717) is 63.4 Å². The molecule has 172 valence electrons. The smallest absolute Gasteiger partial charge is 0.213 e. The van der Waals surface area contributed by atoms with E-state index < -0.39 is 5.82 Å². The van der Waals surface area contributed by atoms with Crippen molar-refractivity contribution in [1.82, 2.24) is 4.98 Å².